The van der Waals surface area contributed by atoms with Crippen LogP contribution in [0.1, 0.15) is 11.8 Å². The average molecular weight is 194 g/mol. The molecule has 0 aliphatic heterocycles. The van der Waals surface area contributed by atoms with Crippen molar-refractivity contribution in [1.29, 1.82) is 0 Å². The molecule has 0 aliphatic rings. The molecule has 2 nitrogen and oxygen atoms in total. The fourth-order valence-corrected chi connectivity index (χ4v) is 0.803. The van der Waals surface area contributed by atoms with Gasteiger partial charge in [-0.3, -0.25) is 4.98 Å². The van der Waals surface area contributed by atoms with Crippen molar-refractivity contribution in [3.05, 3.63) is 29.0 Å². The zero-order valence-electron chi connectivity index (χ0n) is 5.92. The molecule has 0 amide bonds. The Balaban J connectivity index is 2.82. The summed E-state index contributed by atoms with van der Waals surface area (Å²) < 4.78 is 23.8. The van der Waals surface area contributed by atoms with Gasteiger partial charge in [0, 0.05) is 6.20 Å². The van der Waals surface area contributed by atoms with Crippen LogP contribution in [0.4, 0.5) is 8.78 Å². The molecule has 0 fully saturated rings. The lowest BCUT2D eigenvalue weighted by atomic mass is 10.2. The lowest BCUT2D eigenvalue weighted by Gasteiger charge is -2.07. The quantitative estimate of drug-likeness (QED) is 0.780. The van der Waals surface area contributed by atoms with E-state index in [-0.39, 0.29) is 5.69 Å². The van der Waals surface area contributed by atoms with Crippen LogP contribution < -0.4 is 0 Å². The Morgan fingerprint density at radius 3 is 2.50 bits per heavy atom. The van der Waals surface area contributed by atoms with Gasteiger partial charge in [0.15, 0.2) is 6.10 Å². The lowest BCUT2D eigenvalue weighted by molar-refractivity contribution is -0.00820. The number of aromatic nitrogens is 1. The molecule has 1 aromatic heterocycles. The van der Waals surface area contributed by atoms with Crippen LogP contribution in [0, 0.1) is 0 Å². The topological polar surface area (TPSA) is 33.1 Å². The van der Waals surface area contributed by atoms with E-state index in [9.17, 15) is 8.78 Å². The molecule has 0 aliphatic carbocycles. The van der Waals surface area contributed by atoms with Gasteiger partial charge >= 0.3 is 0 Å². The molecule has 1 rings (SSSR count). The minimum Gasteiger partial charge on any atom is -0.381 e. The third kappa shape index (κ3) is 2.12. The highest BCUT2D eigenvalue weighted by molar-refractivity contribution is 6.30. The van der Waals surface area contributed by atoms with E-state index >= 15 is 0 Å². The van der Waals surface area contributed by atoms with Crippen LogP contribution in [0.5, 0.6) is 0 Å². The van der Waals surface area contributed by atoms with Crippen LogP contribution in [0.3, 0.4) is 0 Å². The van der Waals surface area contributed by atoms with E-state index in [0.717, 1.165) is 0 Å². The fourth-order valence-electron chi connectivity index (χ4n) is 0.691. The monoisotopic (exact) mass is 193 g/mol. The van der Waals surface area contributed by atoms with Gasteiger partial charge in [0.05, 0.1) is 10.7 Å². The normalized spacial score (nSPS) is 13.4. The van der Waals surface area contributed by atoms with E-state index in [0.29, 0.717) is 5.02 Å². The standard InChI is InChI=1S/C7H6ClF2NO/c8-4-1-2-5(11-3-4)6(12)7(9)10/h1-3,6-7,12H. The second-order valence-corrected chi connectivity index (χ2v) is 2.62. The third-order valence-corrected chi connectivity index (χ3v) is 1.52. The highest BCUT2D eigenvalue weighted by Gasteiger charge is 2.19. The van der Waals surface area contributed by atoms with Gasteiger partial charge in [0.25, 0.3) is 6.43 Å². The number of hydrogen-bond donors (Lipinski definition) is 1. The molecular weight excluding hydrogens is 188 g/mol. The van der Waals surface area contributed by atoms with Crippen LogP contribution in [0.15, 0.2) is 18.3 Å². The van der Waals surface area contributed by atoms with Crippen LogP contribution in [-0.2, 0) is 0 Å². The SMILES string of the molecule is OC(c1ccc(Cl)cn1)C(F)F. The van der Waals surface area contributed by atoms with Gasteiger partial charge in [0.2, 0.25) is 0 Å². The summed E-state index contributed by atoms with van der Waals surface area (Å²) in [4.78, 5) is 3.54. The van der Waals surface area contributed by atoms with E-state index < -0.39 is 12.5 Å². The van der Waals surface area contributed by atoms with Gasteiger partial charge in [0.1, 0.15) is 0 Å². The van der Waals surface area contributed by atoms with Crippen LogP contribution in [0.25, 0.3) is 0 Å². The minimum absolute atomic E-state index is 0.0746. The zero-order chi connectivity index (χ0) is 9.14. The number of aliphatic hydroxyl groups is 1. The Bertz CT molecular complexity index is 252. The summed E-state index contributed by atoms with van der Waals surface area (Å²) in [6, 6.07) is 2.66. The van der Waals surface area contributed by atoms with Crippen molar-refractivity contribution in [2.75, 3.05) is 0 Å². The maximum atomic E-state index is 11.9. The molecule has 0 saturated carbocycles. The summed E-state index contributed by atoms with van der Waals surface area (Å²) in [6.45, 7) is 0. The van der Waals surface area contributed by atoms with Crippen molar-refractivity contribution in [2.24, 2.45) is 0 Å². The number of rotatable bonds is 2. The van der Waals surface area contributed by atoms with Crippen LogP contribution >= 0.6 is 11.6 Å². The smallest absolute Gasteiger partial charge is 0.269 e. The summed E-state index contributed by atoms with van der Waals surface area (Å²) >= 11 is 5.46. The van der Waals surface area contributed by atoms with Crippen LogP contribution in [-0.4, -0.2) is 16.5 Å². The second kappa shape index (κ2) is 3.78. The first-order chi connectivity index (χ1) is 5.61. The van der Waals surface area contributed by atoms with Crippen molar-refractivity contribution in [3.63, 3.8) is 0 Å². The Labute approximate surface area is 72.8 Å². The molecule has 1 heterocycles. The summed E-state index contributed by atoms with van der Waals surface area (Å²) in [6.07, 6.45) is -3.44. The molecule has 12 heavy (non-hydrogen) atoms. The number of hydrogen-bond acceptors (Lipinski definition) is 2. The van der Waals surface area contributed by atoms with Crippen molar-refractivity contribution in [1.82, 2.24) is 4.98 Å². The van der Waals surface area contributed by atoms with E-state index in [4.69, 9.17) is 16.7 Å². The number of aliphatic hydroxyl groups excluding tert-OH is 1. The first-order valence-corrected chi connectivity index (χ1v) is 3.56. The average Bonchev–Trinajstić information content (AvgIpc) is 2.04. The number of pyridine rings is 1. The van der Waals surface area contributed by atoms with Gasteiger partial charge in [-0.05, 0) is 12.1 Å². The molecule has 1 N–H and O–H groups in total. The van der Waals surface area contributed by atoms with E-state index in [2.05, 4.69) is 4.98 Å². The fraction of sp³-hybridized carbons (Fsp3) is 0.286. The molecule has 0 radical (unpaired) electrons. The Morgan fingerprint density at radius 2 is 2.08 bits per heavy atom. The summed E-state index contributed by atoms with van der Waals surface area (Å²) in [5.74, 6) is 0. The Kier molecular flexibility index (Phi) is 2.94. The van der Waals surface area contributed by atoms with E-state index in [1.165, 1.54) is 18.3 Å². The van der Waals surface area contributed by atoms with Gasteiger partial charge < -0.3 is 5.11 Å². The zero-order valence-corrected chi connectivity index (χ0v) is 6.67. The molecule has 1 atom stereocenters. The maximum Gasteiger partial charge on any atom is 0.269 e. The first kappa shape index (κ1) is 9.35. The molecule has 5 heteroatoms. The van der Waals surface area contributed by atoms with E-state index in [1.54, 1.807) is 0 Å². The minimum atomic E-state index is -2.82. The van der Waals surface area contributed by atoms with Gasteiger partial charge in [-0.15, -0.1) is 0 Å². The molecule has 66 valence electrons. The van der Waals surface area contributed by atoms with E-state index in [1.807, 2.05) is 0 Å². The number of halogens is 3. The predicted molar refractivity (Wildman–Crippen MR) is 40.2 cm³/mol. The Morgan fingerprint density at radius 1 is 1.42 bits per heavy atom. The molecule has 1 unspecified atom stereocenters. The molecule has 1 aromatic rings. The summed E-state index contributed by atoms with van der Waals surface area (Å²) in [5, 5.41) is 9.18. The molecule has 0 bridgehead atoms. The maximum absolute atomic E-state index is 11.9. The van der Waals surface area contributed by atoms with Gasteiger partial charge in [-0.1, -0.05) is 11.6 Å². The molecule has 0 aromatic carbocycles. The van der Waals surface area contributed by atoms with Gasteiger partial charge in [-0.2, -0.15) is 0 Å². The Hall–Kier alpha value is -0.740. The van der Waals surface area contributed by atoms with Crippen LogP contribution in [0.2, 0.25) is 5.02 Å². The van der Waals surface area contributed by atoms with Crippen molar-refractivity contribution in [2.45, 2.75) is 12.5 Å². The van der Waals surface area contributed by atoms with Crippen molar-refractivity contribution < 1.29 is 13.9 Å². The third-order valence-electron chi connectivity index (χ3n) is 1.29. The molecule has 0 saturated heterocycles. The van der Waals surface area contributed by atoms with Crippen molar-refractivity contribution in [3.8, 4) is 0 Å². The summed E-state index contributed by atoms with van der Waals surface area (Å²) in [7, 11) is 0. The highest BCUT2D eigenvalue weighted by Crippen LogP contribution is 2.19. The first-order valence-electron chi connectivity index (χ1n) is 3.19. The lowest BCUT2D eigenvalue weighted by Crippen LogP contribution is -2.09. The number of alkyl halides is 2. The highest BCUT2D eigenvalue weighted by atomic mass is 35.5. The molecular formula is C7H6ClF2NO. The largest absolute Gasteiger partial charge is 0.381 e. The number of nitrogens with zero attached hydrogens (tertiary/aromatic N) is 1. The summed E-state index contributed by atoms with van der Waals surface area (Å²) in [5.41, 5.74) is -0.0746. The second-order valence-electron chi connectivity index (χ2n) is 2.18. The molecule has 0 spiro atoms. The van der Waals surface area contributed by atoms with Gasteiger partial charge in [-0.25, -0.2) is 8.78 Å². The van der Waals surface area contributed by atoms with Crippen molar-refractivity contribution >= 4 is 11.6 Å². The predicted octanol–water partition coefficient (Wildman–Crippen LogP) is 2.03.